The number of hydrogen-bond acceptors (Lipinski definition) is 3. The number of piperidine rings is 1. The molecule has 0 aliphatic carbocycles. The molecule has 2 fully saturated rings. The Balaban J connectivity index is 1.48. The highest BCUT2D eigenvalue weighted by Crippen LogP contribution is 2.23. The fraction of sp³-hybridized carbons (Fsp3) is 0.550. The molecular weight excluding hydrogens is 346 g/mol. The fourth-order valence-corrected chi connectivity index (χ4v) is 3.99. The van der Waals surface area contributed by atoms with Crippen molar-refractivity contribution in [2.75, 3.05) is 26.2 Å². The summed E-state index contributed by atoms with van der Waals surface area (Å²) in [5, 5.41) is 12.1. The van der Waals surface area contributed by atoms with E-state index in [4.69, 9.17) is 0 Å². The number of benzene rings is 1. The SMILES string of the molecule is CC1CC(C(=O)O)CN(C(=O)NCC2CC(=O)N(Cc3ccccc3)C2)C1. The van der Waals surface area contributed by atoms with E-state index in [9.17, 15) is 19.5 Å². The molecule has 2 aliphatic heterocycles. The molecule has 0 spiro atoms. The summed E-state index contributed by atoms with van der Waals surface area (Å²) >= 11 is 0. The van der Waals surface area contributed by atoms with Gasteiger partial charge in [0.05, 0.1) is 5.92 Å². The second-order valence-electron chi connectivity index (χ2n) is 7.80. The van der Waals surface area contributed by atoms with Gasteiger partial charge in [-0.15, -0.1) is 0 Å². The summed E-state index contributed by atoms with van der Waals surface area (Å²) in [5.41, 5.74) is 1.09. The highest BCUT2D eigenvalue weighted by molar-refractivity contribution is 5.79. The second kappa shape index (κ2) is 8.41. The molecule has 2 N–H and O–H groups in total. The molecule has 2 saturated heterocycles. The minimum Gasteiger partial charge on any atom is -0.481 e. The van der Waals surface area contributed by atoms with Gasteiger partial charge in [0, 0.05) is 45.1 Å². The Morgan fingerprint density at radius 3 is 2.63 bits per heavy atom. The number of carboxylic acid groups (broad SMARTS) is 1. The van der Waals surface area contributed by atoms with Crippen LogP contribution >= 0.6 is 0 Å². The van der Waals surface area contributed by atoms with E-state index in [0.717, 1.165) is 5.56 Å². The lowest BCUT2D eigenvalue weighted by atomic mass is 9.91. The van der Waals surface area contributed by atoms with Gasteiger partial charge in [0.25, 0.3) is 0 Å². The van der Waals surface area contributed by atoms with Crippen LogP contribution in [0.3, 0.4) is 0 Å². The minimum absolute atomic E-state index is 0.0858. The van der Waals surface area contributed by atoms with Crippen molar-refractivity contribution in [3.63, 3.8) is 0 Å². The Labute approximate surface area is 159 Å². The van der Waals surface area contributed by atoms with Crippen LogP contribution in [0.1, 0.15) is 25.3 Å². The molecular formula is C20H27N3O4. The summed E-state index contributed by atoms with van der Waals surface area (Å²) in [6.45, 7) is 4.43. The molecule has 2 heterocycles. The van der Waals surface area contributed by atoms with Crippen molar-refractivity contribution in [2.24, 2.45) is 17.8 Å². The molecule has 0 bridgehead atoms. The molecule has 27 heavy (non-hydrogen) atoms. The van der Waals surface area contributed by atoms with Crippen molar-refractivity contribution >= 4 is 17.9 Å². The van der Waals surface area contributed by atoms with Crippen LogP contribution in [-0.4, -0.2) is 59.0 Å². The van der Waals surface area contributed by atoms with Gasteiger partial charge in [-0.1, -0.05) is 37.3 Å². The van der Waals surface area contributed by atoms with Crippen LogP contribution in [-0.2, 0) is 16.1 Å². The second-order valence-corrected chi connectivity index (χ2v) is 7.80. The maximum absolute atomic E-state index is 12.4. The average Bonchev–Trinajstić information content (AvgIpc) is 2.99. The zero-order valence-corrected chi connectivity index (χ0v) is 15.6. The first-order valence-corrected chi connectivity index (χ1v) is 9.49. The minimum atomic E-state index is -0.850. The maximum Gasteiger partial charge on any atom is 0.317 e. The number of rotatable bonds is 5. The first kappa shape index (κ1) is 19.2. The van der Waals surface area contributed by atoms with E-state index in [2.05, 4.69) is 5.32 Å². The predicted molar refractivity (Wildman–Crippen MR) is 99.8 cm³/mol. The first-order valence-electron chi connectivity index (χ1n) is 9.49. The Hall–Kier alpha value is -2.57. The van der Waals surface area contributed by atoms with Gasteiger partial charge in [0.2, 0.25) is 5.91 Å². The molecule has 3 amide bonds. The molecule has 7 heteroatoms. The molecule has 2 aliphatic rings. The number of carbonyl (C=O) groups excluding carboxylic acids is 2. The van der Waals surface area contributed by atoms with Gasteiger partial charge in [-0.05, 0) is 17.9 Å². The summed E-state index contributed by atoms with van der Waals surface area (Å²) in [5.74, 6) is -0.996. The summed E-state index contributed by atoms with van der Waals surface area (Å²) < 4.78 is 0. The smallest absolute Gasteiger partial charge is 0.317 e. The largest absolute Gasteiger partial charge is 0.481 e. The van der Waals surface area contributed by atoms with Crippen molar-refractivity contribution in [1.82, 2.24) is 15.1 Å². The molecule has 0 aromatic heterocycles. The first-order chi connectivity index (χ1) is 12.9. The van der Waals surface area contributed by atoms with Gasteiger partial charge in [0.15, 0.2) is 0 Å². The quantitative estimate of drug-likeness (QED) is 0.823. The molecule has 7 nitrogen and oxygen atoms in total. The number of carbonyl (C=O) groups is 3. The lowest BCUT2D eigenvalue weighted by Crippen LogP contribution is -2.50. The van der Waals surface area contributed by atoms with Gasteiger partial charge in [-0.3, -0.25) is 9.59 Å². The van der Waals surface area contributed by atoms with Crippen LogP contribution in [0, 0.1) is 17.8 Å². The normalized spacial score (nSPS) is 25.5. The number of nitrogens with one attached hydrogen (secondary N) is 1. The van der Waals surface area contributed by atoms with Crippen LogP contribution in [0.4, 0.5) is 4.79 Å². The topological polar surface area (TPSA) is 90.0 Å². The van der Waals surface area contributed by atoms with E-state index in [1.807, 2.05) is 42.2 Å². The van der Waals surface area contributed by atoms with Crippen molar-refractivity contribution in [3.05, 3.63) is 35.9 Å². The summed E-state index contributed by atoms with van der Waals surface area (Å²) in [6, 6.07) is 9.62. The summed E-state index contributed by atoms with van der Waals surface area (Å²) in [7, 11) is 0. The zero-order chi connectivity index (χ0) is 19.4. The highest BCUT2D eigenvalue weighted by Gasteiger charge is 2.33. The van der Waals surface area contributed by atoms with Crippen molar-refractivity contribution in [1.29, 1.82) is 0 Å². The number of likely N-dealkylation sites (tertiary alicyclic amines) is 2. The number of urea groups is 1. The number of amides is 3. The van der Waals surface area contributed by atoms with E-state index in [1.165, 1.54) is 0 Å². The highest BCUT2D eigenvalue weighted by atomic mass is 16.4. The molecule has 3 rings (SSSR count). The Morgan fingerprint density at radius 1 is 1.19 bits per heavy atom. The van der Waals surface area contributed by atoms with Crippen LogP contribution in [0.2, 0.25) is 0 Å². The van der Waals surface area contributed by atoms with Crippen molar-refractivity contribution in [3.8, 4) is 0 Å². The standard InChI is InChI=1S/C20H27N3O4/c1-14-7-17(19(25)26)13-23(10-14)20(27)21-9-16-8-18(24)22(12-16)11-15-5-3-2-4-6-15/h2-6,14,16-17H,7-13H2,1H3,(H,21,27)(H,25,26). The van der Waals surface area contributed by atoms with Crippen molar-refractivity contribution < 1.29 is 19.5 Å². The Kier molecular flexibility index (Phi) is 5.98. The van der Waals surface area contributed by atoms with E-state index in [-0.39, 0.29) is 30.3 Å². The third-order valence-corrected chi connectivity index (χ3v) is 5.35. The van der Waals surface area contributed by atoms with Gasteiger partial charge < -0.3 is 20.2 Å². The summed E-state index contributed by atoms with van der Waals surface area (Å²) in [4.78, 5) is 39.4. The van der Waals surface area contributed by atoms with E-state index in [0.29, 0.717) is 39.0 Å². The monoisotopic (exact) mass is 373 g/mol. The summed E-state index contributed by atoms with van der Waals surface area (Å²) in [6.07, 6.45) is 1.03. The third kappa shape index (κ3) is 4.99. The maximum atomic E-state index is 12.4. The molecule has 3 unspecified atom stereocenters. The predicted octanol–water partition coefficient (Wildman–Crippen LogP) is 1.79. The van der Waals surface area contributed by atoms with Crippen LogP contribution < -0.4 is 5.32 Å². The molecule has 146 valence electrons. The van der Waals surface area contributed by atoms with Gasteiger partial charge >= 0.3 is 12.0 Å². The fourth-order valence-electron chi connectivity index (χ4n) is 3.99. The molecule has 1 aromatic rings. The zero-order valence-electron chi connectivity index (χ0n) is 15.6. The molecule has 0 saturated carbocycles. The number of carboxylic acids is 1. The van der Waals surface area contributed by atoms with Crippen molar-refractivity contribution in [2.45, 2.75) is 26.3 Å². The molecule has 3 atom stereocenters. The molecule has 0 radical (unpaired) electrons. The van der Waals surface area contributed by atoms with Crippen LogP contribution in [0.15, 0.2) is 30.3 Å². The molecule has 1 aromatic carbocycles. The van der Waals surface area contributed by atoms with Crippen LogP contribution in [0.5, 0.6) is 0 Å². The number of nitrogens with zero attached hydrogens (tertiary/aromatic N) is 2. The van der Waals surface area contributed by atoms with E-state index < -0.39 is 11.9 Å². The van der Waals surface area contributed by atoms with E-state index >= 15 is 0 Å². The van der Waals surface area contributed by atoms with Gasteiger partial charge in [-0.2, -0.15) is 0 Å². The lowest BCUT2D eigenvalue weighted by molar-refractivity contribution is -0.143. The lowest BCUT2D eigenvalue weighted by Gasteiger charge is -2.34. The average molecular weight is 373 g/mol. The van der Waals surface area contributed by atoms with E-state index in [1.54, 1.807) is 4.90 Å². The van der Waals surface area contributed by atoms with Gasteiger partial charge in [-0.25, -0.2) is 4.79 Å². The Morgan fingerprint density at radius 2 is 1.93 bits per heavy atom. The number of aliphatic carboxylic acids is 1. The van der Waals surface area contributed by atoms with Gasteiger partial charge in [0.1, 0.15) is 0 Å². The third-order valence-electron chi connectivity index (χ3n) is 5.35. The number of hydrogen-bond donors (Lipinski definition) is 2. The van der Waals surface area contributed by atoms with Crippen LogP contribution in [0.25, 0.3) is 0 Å². The Bertz CT molecular complexity index is 694.